The summed E-state index contributed by atoms with van der Waals surface area (Å²) in [4.78, 5) is 0. The third kappa shape index (κ3) is 3.16. The predicted octanol–water partition coefficient (Wildman–Crippen LogP) is 0.798. The lowest BCUT2D eigenvalue weighted by atomic mass is 10.2. The van der Waals surface area contributed by atoms with Crippen LogP contribution in [0, 0.1) is 0 Å². The van der Waals surface area contributed by atoms with E-state index in [9.17, 15) is 8.42 Å². The van der Waals surface area contributed by atoms with Crippen molar-refractivity contribution < 1.29 is 8.42 Å². The summed E-state index contributed by atoms with van der Waals surface area (Å²) >= 11 is 0. The summed E-state index contributed by atoms with van der Waals surface area (Å²) in [5, 5.41) is 3.28. The van der Waals surface area contributed by atoms with E-state index in [0.717, 1.165) is 19.5 Å². The van der Waals surface area contributed by atoms with Crippen molar-refractivity contribution in [3.63, 3.8) is 0 Å². The van der Waals surface area contributed by atoms with Crippen molar-refractivity contribution >= 4 is 10.0 Å². The molecule has 0 aliphatic carbocycles. The third-order valence-corrected chi connectivity index (χ3v) is 5.14. The van der Waals surface area contributed by atoms with Crippen molar-refractivity contribution in [2.24, 2.45) is 0 Å². The molecule has 0 amide bonds. The van der Waals surface area contributed by atoms with Crippen LogP contribution in [0.5, 0.6) is 0 Å². The van der Waals surface area contributed by atoms with Crippen molar-refractivity contribution in [3.8, 4) is 0 Å². The van der Waals surface area contributed by atoms with E-state index in [0.29, 0.717) is 6.42 Å². The molecule has 2 atom stereocenters. The van der Waals surface area contributed by atoms with Crippen LogP contribution >= 0.6 is 0 Å². The van der Waals surface area contributed by atoms with Crippen LogP contribution in [-0.2, 0) is 10.0 Å². The maximum absolute atomic E-state index is 12.1. The lowest BCUT2D eigenvalue weighted by Crippen LogP contribution is -2.51. The molecule has 1 aliphatic heterocycles. The Morgan fingerprint density at radius 2 is 2.20 bits per heavy atom. The Hall–Kier alpha value is -0.130. The summed E-state index contributed by atoms with van der Waals surface area (Å²) in [5.74, 6) is 0.272. The van der Waals surface area contributed by atoms with Crippen molar-refractivity contribution in [2.45, 2.75) is 45.7 Å². The van der Waals surface area contributed by atoms with Crippen LogP contribution in [0.1, 0.15) is 33.6 Å². The minimum Gasteiger partial charge on any atom is -0.315 e. The van der Waals surface area contributed by atoms with Gasteiger partial charge in [0.1, 0.15) is 0 Å². The quantitative estimate of drug-likeness (QED) is 0.769. The monoisotopic (exact) mass is 234 g/mol. The van der Waals surface area contributed by atoms with Crippen molar-refractivity contribution in [1.29, 1.82) is 0 Å². The van der Waals surface area contributed by atoms with Gasteiger partial charge in [0, 0.05) is 18.6 Å². The third-order valence-electron chi connectivity index (χ3n) is 2.98. The van der Waals surface area contributed by atoms with Crippen LogP contribution in [0.15, 0.2) is 0 Å². The Balaban J connectivity index is 2.90. The molecule has 0 spiro atoms. The van der Waals surface area contributed by atoms with E-state index in [2.05, 4.69) is 5.32 Å². The molecule has 1 heterocycles. The summed E-state index contributed by atoms with van der Waals surface area (Å²) in [6.07, 6.45) is 1.57. The van der Waals surface area contributed by atoms with Gasteiger partial charge in [-0.15, -0.1) is 0 Å². The Morgan fingerprint density at radius 3 is 2.80 bits per heavy atom. The fourth-order valence-electron chi connectivity index (χ4n) is 2.05. The number of rotatable bonds is 2. The zero-order valence-electron chi connectivity index (χ0n) is 9.86. The number of nitrogens with one attached hydrogen (secondary N) is 1. The van der Waals surface area contributed by atoms with Gasteiger partial charge in [0.05, 0.1) is 5.75 Å². The summed E-state index contributed by atoms with van der Waals surface area (Å²) in [5.41, 5.74) is 0. The molecule has 4 nitrogen and oxygen atoms in total. The van der Waals surface area contributed by atoms with Crippen molar-refractivity contribution in [3.05, 3.63) is 0 Å². The second kappa shape index (κ2) is 5.27. The van der Waals surface area contributed by atoms with Crippen LogP contribution < -0.4 is 5.32 Å². The minimum atomic E-state index is -3.05. The molecular weight excluding hydrogens is 212 g/mol. The molecule has 0 aromatic heterocycles. The van der Waals surface area contributed by atoms with Gasteiger partial charge >= 0.3 is 0 Å². The average Bonchev–Trinajstić information content (AvgIpc) is 2.14. The molecule has 1 rings (SSSR count). The highest BCUT2D eigenvalue weighted by molar-refractivity contribution is 7.89. The highest BCUT2D eigenvalue weighted by Crippen LogP contribution is 2.17. The first-order valence-corrected chi connectivity index (χ1v) is 7.32. The first kappa shape index (κ1) is 12.9. The fraction of sp³-hybridized carbons (Fsp3) is 1.00. The number of nitrogens with zero attached hydrogens (tertiary/aromatic N) is 1. The van der Waals surface area contributed by atoms with E-state index in [-0.39, 0.29) is 17.8 Å². The molecule has 1 fully saturated rings. The van der Waals surface area contributed by atoms with E-state index in [1.165, 1.54) is 0 Å². The average molecular weight is 234 g/mol. The maximum Gasteiger partial charge on any atom is 0.214 e. The largest absolute Gasteiger partial charge is 0.315 e. The lowest BCUT2D eigenvalue weighted by Gasteiger charge is -2.34. The zero-order valence-corrected chi connectivity index (χ0v) is 10.7. The van der Waals surface area contributed by atoms with Gasteiger partial charge in [0.25, 0.3) is 0 Å². The Morgan fingerprint density at radius 1 is 1.53 bits per heavy atom. The highest BCUT2D eigenvalue weighted by Gasteiger charge is 2.31. The van der Waals surface area contributed by atoms with Gasteiger partial charge in [-0.05, 0) is 33.2 Å². The fourth-order valence-corrected chi connectivity index (χ4v) is 4.09. The molecule has 0 radical (unpaired) electrons. The molecule has 5 heteroatoms. The molecular formula is C10H22N2O2S. The lowest BCUT2D eigenvalue weighted by molar-refractivity contribution is 0.257. The maximum atomic E-state index is 12.1. The summed E-state index contributed by atoms with van der Waals surface area (Å²) in [6, 6.07) is 0.162. The van der Waals surface area contributed by atoms with Gasteiger partial charge in [-0.3, -0.25) is 0 Å². The Kier molecular flexibility index (Phi) is 4.55. The number of sulfonamides is 1. The topological polar surface area (TPSA) is 49.4 Å². The van der Waals surface area contributed by atoms with Crippen LogP contribution in [0.2, 0.25) is 0 Å². The van der Waals surface area contributed by atoms with Crippen LogP contribution in [-0.4, -0.2) is 43.6 Å². The molecule has 90 valence electrons. The number of hydrogen-bond acceptors (Lipinski definition) is 3. The highest BCUT2D eigenvalue weighted by atomic mass is 32.2. The molecule has 1 saturated heterocycles. The molecule has 0 aromatic rings. The first-order valence-electron chi connectivity index (χ1n) is 5.71. The molecule has 2 unspecified atom stereocenters. The second-order valence-electron chi connectivity index (χ2n) is 4.31. The van der Waals surface area contributed by atoms with E-state index >= 15 is 0 Å². The molecule has 0 aromatic carbocycles. The molecule has 0 bridgehead atoms. The van der Waals surface area contributed by atoms with E-state index in [1.807, 2.05) is 20.8 Å². The van der Waals surface area contributed by atoms with Crippen LogP contribution in [0.4, 0.5) is 0 Å². The minimum absolute atomic E-state index is 0.0604. The molecule has 0 saturated carbocycles. The van der Waals surface area contributed by atoms with E-state index in [4.69, 9.17) is 0 Å². The first-order chi connectivity index (χ1) is 6.99. The number of hydrogen-bond donors (Lipinski definition) is 1. The van der Waals surface area contributed by atoms with Gasteiger partial charge in [-0.1, -0.05) is 6.92 Å². The van der Waals surface area contributed by atoms with Crippen molar-refractivity contribution in [1.82, 2.24) is 9.62 Å². The van der Waals surface area contributed by atoms with Crippen LogP contribution in [0.3, 0.4) is 0 Å². The Labute approximate surface area is 93.1 Å². The van der Waals surface area contributed by atoms with Gasteiger partial charge in [-0.2, -0.15) is 4.31 Å². The SMILES string of the molecule is CCC(C)N1C(C)CNCCCS1(=O)=O. The van der Waals surface area contributed by atoms with E-state index in [1.54, 1.807) is 4.31 Å². The van der Waals surface area contributed by atoms with Gasteiger partial charge < -0.3 is 5.32 Å². The van der Waals surface area contributed by atoms with E-state index < -0.39 is 10.0 Å². The normalized spacial score (nSPS) is 30.5. The summed E-state index contributed by atoms with van der Waals surface area (Å²) < 4.78 is 25.8. The van der Waals surface area contributed by atoms with Gasteiger partial charge in [0.2, 0.25) is 10.0 Å². The smallest absolute Gasteiger partial charge is 0.214 e. The standard InChI is InChI=1S/C10H22N2O2S/c1-4-9(2)12-10(3)8-11-6-5-7-15(12,13)14/h9-11H,4-8H2,1-3H3. The molecule has 15 heavy (non-hydrogen) atoms. The van der Waals surface area contributed by atoms with Crippen LogP contribution in [0.25, 0.3) is 0 Å². The Bertz CT molecular complexity index is 290. The van der Waals surface area contributed by atoms with Crippen molar-refractivity contribution in [2.75, 3.05) is 18.8 Å². The molecule has 1 aliphatic rings. The summed E-state index contributed by atoms with van der Waals surface area (Å²) in [7, 11) is -3.05. The second-order valence-corrected chi connectivity index (χ2v) is 6.30. The van der Waals surface area contributed by atoms with Gasteiger partial charge in [-0.25, -0.2) is 8.42 Å². The van der Waals surface area contributed by atoms with Gasteiger partial charge in [0.15, 0.2) is 0 Å². The molecule has 1 N–H and O–H groups in total. The predicted molar refractivity (Wildman–Crippen MR) is 62.3 cm³/mol. The zero-order chi connectivity index (χ0) is 11.5. The summed E-state index contributed by atoms with van der Waals surface area (Å²) in [6.45, 7) is 7.54.